The van der Waals surface area contributed by atoms with Gasteiger partial charge in [0.15, 0.2) is 0 Å². The van der Waals surface area contributed by atoms with E-state index in [2.05, 4.69) is 54.0 Å². The van der Waals surface area contributed by atoms with E-state index in [0.29, 0.717) is 12.0 Å². The van der Waals surface area contributed by atoms with Gasteiger partial charge in [0, 0.05) is 31.5 Å². The van der Waals surface area contributed by atoms with Crippen molar-refractivity contribution in [3.63, 3.8) is 0 Å². The number of nitrogens with zero attached hydrogens (tertiary/aromatic N) is 2. The Morgan fingerprint density at radius 1 is 1.14 bits per heavy atom. The molecule has 120 valence electrons. The van der Waals surface area contributed by atoms with Gasteiger partial charge in [-0.2, -0.15) is 0 Å². The molecule has 1 N–H and O–H groups in total. The first kappa shape index (κ1) is 16.6. The molecule has 1 aromatic rings. The molecule has 3 heteroatoms. The molecular formula is C18H33N3. The summed E-state index contributed by atoms with van der Waals surface area (Å²) in [5, 5.41) is 3.68. The van der Waals surface area contributed by atoms with Gasteiger partial charge in [-0.3, -0.25) is 0 Å². The summed E-state index contributed by atoms with van der Waals surface area (Å²) in [6.07, 6.45) is 9.97. The van der Waals surface area contributed by atoms with Gasteiger partial charge >= 0.3 is 0 Å². The molecule has 1 fully saturated rings. The van der Waals surface area contributed by atoms with E-state index < -0.39 is 0 Å². The summed E-state index contributed by atoms with van der Waals surface area (Å²) in [7, 11) is 0. The van der Waals surface area contributed by atoms with Gasteiger partial charge in [0.05, 0.1) is 0 Å². The highest BCUT2D eigenvalue weighted by Gasteiger charge is 2.16. The largest absolute Gasteiger partial charge is 0.353 e. The molecule has 2 rings (SSSR count). The summed E-state index contributed by atoms with van der Waals surface area (Å²) in [5.41, 5.74) is 1.44. The number of aromatic nitrogens is 1. The van der Waals surface area contributed by atoms with Crippen LogP contribution in [0.4, 0.5) is 0 Å². The van der Waals surface area contributed by atoms with Crippen molar-refractivity contribution in [2.24, 2.45) is 5.92 Å². The quantitative estimate of drug-likeness (QED) is 0.788. The van der Waals surface area contributed by atoms with Gasteiger partial charge in [-0.15, -0.1) is 0 Å². The van der Waals surface area contributed by atoms with E-state index in [-0.39, 0.29) is 0 Å². The first-order valence-corrected chi connectivity index (χ1v) is 8.82. The van der Waals surface area contributed by atoms with Gasteiger partial charge in [-0.05, 0) is 56.4 Å². The topological polar surface area (TPSA) is 20.2 Å². The second-order valence-corrected chi connectivity index (χ2v) is 6.76. The van der Waals surface area contributed by atoms with Gasteiger partial charge in [0.25, 0.3) is 0 Å². The van der Waals surface area contributed by atoms with Gasteiger partial charge in [-0.25, -0.2) is 0 Å². The van der Waals surface area contributed by atoms with Crippen LogP contribution in [-0.2, 0) is 6.54 Å². The van der Waals surface area contributed by atoms with Crippen molar-refractivity contribution in [3.8, 4) is 0 Å². The number of likely N-dealkylation sites (tertiary alicyclic amines) is 1. The van der Waals surface area contributed by atoms with Crippen molar-refractivity contribution in [2.75, 3.05) is 26.2 Å². The Bertz CT molecular complexity index is 391. The minimum absolute atomic E-state index is 0.487. The van der Waals surface area contributed by atoms with Crippen LogP contribution >= 0.6 is 0 Å². The van der Waals surface area contributed by atoms with Crippen molar-refractivity contribution in [1.29, 1.82) is 0 Å². The Morgan fingerprint density at radius 2 is 1.90 bits per heavy atom. The van der Waals surface area contributed by atoms with E-state index in [0.717, 1.165) is 13.1 Å². The summed E-state index contributed by atoms with van der Waals surface area (Å²) >= 11 is 0. The predicted molar refractivity (Wildman–Crippen MR) is 90.6 cm³/mol. The molecule has 2 heterocycles. The third-order valence-corrected chi connectivity index (χ3v) is 4.54. The second-order valence-electron chi connectivity index (χ2n) is 6.76. The SMILES string of the molecule is CCCNC(c1ccn(CCN2CCCCC2)c1)C(C)C. The van der Waals surface area contributed by atoms with Crippen molar-refractivity contribution in [3.05, 3.63) is 24.0 Å². The molecule has 1 aliphatic rings. The highest BCUT2D eigenvalue weighted by Crippen LogP contribution is 2.22. The number of rotatable bonds is 8. The lowest BCUT2D eigenvalue weighted by atomic mass is 9.98. The minimum atomic E-state index is 0.487. The molecule has 0 spiro atoms. The summed E-state index contributed by atoms with van der Waals surface area (Å²) < 4.78 is 2.37. The third kappa shape index (κ3) is 5.15. The fourth-order valence-corrected chi connectivity index (χ4v) is 3.26. The second kappa shape index (κ2) is 8.60. The summed E-state index contributed by atoms with van der Waals surface area (Å²) in [6, 6.07) is 2.78. The molecule has 1 atom stereocenters. The maximum absolute atomic E-state index is 3.68. The lowest BCUT2D eigenvalue weighted by Gasteiger charge is -2.26. The highest BCUT2D eigenvalue weighted by atomic mass is 15.1. The zero-order valence-electron chi connectivity index (χ0n) is 14.1. The molecule has 0 bridgehead atoms. The Balaban J connectivity index is 1.86. The lowest BCUT2D eigenvalue weighted by molar-refractivity contribution is 0.221. The lowest BCUT2D eigenvalue weighted by Crippen LogP contribution is -2.32. The van der Waals surface area contributed by atoms with Crippen LogP contribution in [-0.4, -0.2) is 35.6 Å². The standard InChI is InChI=1S/C18H33N3/c1-4-9-19-18(16(2)3)17-8-12-21(15-17)14-13-20-10-6-5-7-11-20/h8,12,15-16,18-19H,4-7,9-11,13-14H2,1-3H3. The average molecular weight is 291 g/mol. The molecule has 0 aliphatic carbocycles. The Hall–Kier alpha value is -0.800. The third-order valence-electron chi connectivity index (χ3n) is 4.54. The Morgan fingerprint density at radius 3 is 2.57 bits per heavy atom. The normalized spacial score (nSPS) is 18.3. The molecule has 21 heavy (non-hydrogen) atoms. The van der Waals surface area contributed by atoms with Crippen LogP contribution < -0.4 is 5.32 Å². The zero-order chi connectivity index (χ0) is 15.1. The maximum atomic E-state index is 3.68. The smallest absolute Gasteiger partial charge is 0.0358 e. The Labute approximate surface area is 130 Å². The van der Waals surface area contributed by atoms with E-state index in [9.17, 15) is 0 Å². The van der Waals surface area contributed by atoms with Crippen LogP contribution in [0.2, 0.25) is 0 Å². The molecular weight excluding hydrogens is 258 g/mol. The van der Waals surface area contributed by atoms with E-state index in [4.69, 9.17) is 0 Å². The monoisotopic (exact) mass is 291 g/mol. The van der Waals surface area contributed by atoms with E-state index in [1.54, 1.807) is 0 Å². The summed E-state index contributed by atoms with van der Waals surface area (Å²) in [5.74, 6) is 0.634. The maximum Gasteiger partial charge on any atom is 0.0358 e. The van der Waals surface area contributed by atoms with E-state index in [1.165, 1.54) is 50.9 Å². The fraction of sp³-hybridized carbons (Fsp3) is 0.778. The highest BCUT2D eigenvalue weighted by molar-refractivity contribution is 5.16. The molecule has 0 radical (unpaired) electrons. The zero-order valence-corrected chi connectivity index (χ0v) is 14.1. The first-order chi connectivity index (χ1) is 10.2. The van der Waals surface area contributed by atoms with E-state index >= 15 is 0 Å². The van der Waals surface area contributed by atoms with Crippen molar-refractivity contribution < 1.29 is 0 Å². The van der Waals surface area contributed by atoms with Crippen LogP contribution in [0.25, 0.3) is 0 Å². The minimum Gasteiger partial charge on any atom is -0.353 e. The number of piperidine rings is 1. The van der Waals surface area contributed by atoms with Crippen LogP contribution in [0.3, 0.4) is 0 Å². The molecule has 3 nitrogen and oxygen atoms in total. The van der Waals surface area contributed by atoms with E-state index in [1.807, 2.05) is 0 Å². The molecule has 1 saturated heterocycles. The molecule has 1 aromatic heterocycles. The summed E-state index contributed by atoms with van der Waals surface area (Å²) in [4.78, 5) is 2.61. The van der Waals surface area contributed by atoms with Crippen molar-refractivity contribution in [1.82, 2.24) is 14.8 Å². The van der Waals surface area contributed by atoms with Crippen molar-refractivity contribution in [2.45, 2.75) is 59.0 Å². The summed E-state index contributed by atoms with van der Waals surface area (Å²) in [6.45, 7) is 12.8. The van der Waals surface area contributed by atoms with Gasteiger partial charge < -0.3 is 14.8 Å². The van der Waals surface area contributed by atoms with Gasteiger partial charge in [-0.1, -0.05) is 27.2 Å². The average Bonchev–Trinajstić information content (AvgIpc) is 2.95. The number of hydrogen-bond acceptors (Lipinski definition) is 2. The Kier molecular flexibility index (Phi) is 6.78. The molecule has 1 unspecified atom stereocenters. The molecule has 0 aromatic carbocycles. The molecule has 0 amide bonds. The van der Waals surface area contributed by atoms with Crippen molar-refractivity contribution >= 4 is 0 Å². The van der Waals surface area contributed by atoms with Gasteiger partial charge in [0.1, 0.15) is 0 Å². The van der Waals surface area contributed by atoms with Gasteiger partial charge in [0.2, 0.25) is 0 Å². The predicted octanol–water partition coefficient (Wildman–Crippen LogP) is 3.67. The molecule has 0 saturated carbocycles. The number of hydrogen-bond donors (Lipinski definition) is 1. The fourth-order valence-electron chi connectivity index (χ4n) is 3.26. The van der Waals surface area contributed by atoms with Crippen LogP contribution in [0.1, 0.15) is 58.1 Å². The van der Waals surface area contributed by atoms with Crippen LogP contribution in [0.15, 0.2) is 18.5 Å². The first-order valence-electron chi connectivity index (χ1n) is 8.82. The van der Waals surface area contributed by atoms with Crippen LogP contribution in [0.5, 0.6) is 0 Å². The molecule has 1 aliphatic heterocycles. The number of nitrogens with one attached hydrogen (secondary N) is 1. The van der Waals surface area contributed by atoms with Crippen LogP contribution in [0, 0.1) is 5.92 Å².